The van der Waals surface area contributed by atoms with E-state index in [9.17, 15) is 0 Å². The van der Waals surface area contributed by atoms with Gasteiger partial charge in [-0.25, -0.2) is 0 Å². The van der Waals surface area contributed by atoms with Crippen molar-refractivity contribution < 1.29 is 0 Å². The van der Waals surface area contributed by atoms with Crippen molar-refractivity contribution >= 4 is 45.6 Å². The Kier molecular flexibility index (Phi) is 4.39. The third-order valence-electron chi connectivity index (χ3n) is 4.70. The van der Waals surface area contributed by atoms with Gasteiger partial charge in [-0.15, -0.1) is 0 Å². The van der Waals surface area contributed by atoms with Crippen LogP contribution in [0.1, 0.15) is 11.1 Å². The summed E-state index contributed by atoms with van der Waals surface area (Å²) in [6, 6.07) is 20.1. The average Bonchev–Trinajstić information content (AvgIpc) is 3.15. The molecule has 138 valence electrons. The van der Waals surface area contributed by atoms with Crippen molar-refractivity contribution in [1.82, 2.24) is 15.0 Å². The summed E-state index contributed by atoms with van der Waals surface area (Å²) in [4.78, 5) is 20.7. The van der Waals surface area contributed by atoms with Crippen LogP contribution in [0.2, 0.25) is 0 Å². The second-order valence-electron chi connectivity index (χ2n) is 6.66. The quantitative estimate of drug-likeness (QED) is 0.415. The van der Waals surface area contributed by atoms with Gasteiger partial charge in [-0.1, -0.05) is 0 Å². The number of H-pyrrole nitrogens is 1. The number of rotatable bonds is 4. The Balaban J connectivity index is 1.51. The van der Waals surface area contributed by atoms with E-state index in [1.807, 2.05) is 48.8 Å². The number of aliphatic imine (C=N–C) groups is 2. The summed E-state index contributed by atoms with van der Waals surface area (Å²) >= 11 is 0. The zero-order valence-corrected chi connectivity index (χ0v) is 15.5. The van der Waals surface area contributed by atoms with Gasteiger partial charge >= 0.3 is 0 Å². The third kappa shape index (κ3) is 3.66. The van der Waals surface area contributed by atoms with E-state index in [0.29, 0.717) is 0 Å². The first kappa shape index (κ1) is 17.0. The van der Waals surface area contributed by atoms with Crippen LogP contribution in [-0.2, 0) is 0 Å². The van der Waals surface area contributed by atoms with E-state index in [2.05, 4.69) is 49.2 Å². The number of nitrogens with one attached hydrogen (secondary N) is 1. The third-order valence-corrected chi connectivity index (χ3v) is 4.70. The van der Waals surface area contributed by atoms with Crippen LogP contribution in [0.15, 0.2) is 95.4 Å². The monoisotopic (exact) mass is 375 g/mol. The lowest BCUT2D eigenvalue weighted by atomic mass is 10.1. The van der Waals surface area contributed by atoms with Gasteiger partial charge in [-0.2, -0.15) is 0 Å². The molecule has 5 heteroatoms. The number of aromatic amines is 1. The summed E-state index contributed by atoms with van der Waals surface area (Å²) in [5.74, 6) is 0. The minimum absolute atomic E-state index is 0.904. The topological polar surface area (TPSA) is 66.3 Å². The van der Waals surface area contributed by atoms with Gasteiger partial charge in [0, 0.05) is 59.0 Å². The zero-order valence-electron chi connectivity index (χ0n) is 15.5. The lowest BCUT2D eigenvalue weighted by Gasteiger charge is -1.97. The van der Waals surface area contributed by atoms with Crippen LogP contribution in [0.25, 0.3) is 21.8 Å². The summed E-state index contributed by atoms with van der Waals surface area (Å²) in [5.41, 5.74) is 6.01. The number of nitrogens with zero attached hydrogens (tertiary/aromatic N) is 4. The van der Waals surface area contributed by atoms with Crippen molar-refractivity contribution in [3.05, 3.63) is 96.6 Å². The second kappa shape index (κ2) is 7.48. The Morgan fingerprint density at radius 2 is 1.03 bits per heavy atom. The SMILES string of the molecule is C(=N\c1ccc2[nH]c3ccc(/N=C/c4ccncc4)cc3c2c1)/c1ccncc1. The van der Waals surface area contributed by atoms with Crippen LogP contribution in [-0.4, -0.2) is 27.4 Å². The van der Waals surface area contributed by atoms with Crippen molar-refractivity contribution in [3.8, 4) is 0 Å². The van der Waals surface area contributed by atoms with E-state index in [-0.39, 0.29) is 0 Å². The summed E-state index contributed by atoms with van der Waals surface area (Å²) in [7, 11) is 0. The molecule has 0 bridgehead atoms. The molecule has 0 aliphatic rings. The summed E-state index contributed by atoms with van der Waals surface area (Å²) in [6.07, 6.45) is 10.7. The maximum absolute atomic E-state index is 4.61. The Morgan fingerprint density at radius 1 is 0.586 bits per heavy atom. The number of fused-ring (bicyclic) bond motifs is 3. The maximum atomic E-state index is 4.61. The molecule has 5 rings (SSSR count). The molecule has 2 aromatic carbocycles. The van der Waals surface area contributed by atoms with Gasteiger partial charge in [0.15, 0.2) is 0 Å². The van der Waals surface area contributed by atoms with Gasteiger partial charge in [-0.3, -0.25) is 20.0 Å². The minimum Gasteiger partial charge on any atom is -0.355 e. The molecule has 0 radical (unpaired) electrons. The first-order valence-corrected chi connectivity index (χ1v) is 9.29. The molecule has 0 spiro atoms. The van der Waals surface area contributed by atoms with Crippen molar-refractivity contribution in [2.45, 2.75) is 0 Å². The highest BCUT2D eigenvalue weighted by Gasteiger charge is 2.06. The molecule has 0 saturated heterocycles. The van der Waals surface area contributed by atoms with Crippen LogP contribution >= 0.6 is 0 Å². The fourth-order valence-electron chi connectivity index (χ4n) is 3.23. The summed E-state index contributed by atoms with van der Waals surface area (Å²) < 4.78 is 0. The maximum Gasteiger partial charge on any atom is 0.0637 e. The van der Waals surface area contributed by atoms with Crippen LogP contribution in [0.4, 0.5) is 11.4 Å². The number of hydrogen-bond acceptors (Lipinski definition) is 4. The molecular weight excluding hydrogens is 358 g/mol. The molecule has 3 heterocycles. The highest BCUT2D eigenvalue weighted by atomic mass is 14.7. The molecule has 0 aliphatic carbocycles. The molecule has 5 aromatic rings. The Morgan fingerprint density at radius 3 is 1.48 bits per heavy atom. The smallest absolute Gasteiger partial charge is 0.0637 e. The van der Waals surface area contributed by atoms with Crippen molar-refractivity contribution in [2.75, 3.05) is 0 Å². The van der Waals surface area contributed by atoms with E-state index >= 15 is 0 Å². The second-order valence-corrected chi connectivity index (χ2v) is 6.66. The average molecular weight is 375 g/mol. The number of hydrogen-bond donors (Lipinski definition) is 1. The molecule has 0 aliphatic heterocycles. The summed E-state index contributed by atoms with van der Waals surface area (Å²) in [5, 5.41) is 2.26. The van der Waals surface area contributed by atoms with Gasteiger partial charge in [0.1, 0.15) is 0 Å². The largest absolute Gasteiger partial charge is 0.355 e. The van der Waals surface area contributed by atoms with Crippen LogP contribution in [0.3, 0.4) is 0 Å². The van der Waals surface area contributed by atoms with Crippen molar-refractivity contribution in [3.63, 3.8) is 0 Å². The van der Waals surface area contributed by atoms with E-state index in [1.165, 1.54) is 0 Å². The Bertz CT molecular complexity index is 1230. The van der Waals surface area contributed by atoms with Gasteiger partial charge in [-0.05, 0) is 71.8 Å². The molecule has 0 atom stereocenters. The molecule has 29 heavy (non-hydrogen) atoms. The first-order chi connectivity index (χ1) is 14.3. The van der Waals surface area contributed by atoms with Gasteiger partial charge in [0.05, 0.1) is 11.4 Å². The predicted molar refractivity (Wildman–Crippen MR) is 119 cm³/mol. The Labute approximate surface area is 167 Å². The number of pyridine rings is 2. The van der Waals surface area contributed by atoms with Gasteiger partial charge in [0.2, 0.25) is 0 Å². The van der Waals surface area contributed by atoms with Crippen LogP contribution in [0.5, 0.6) is 0 Å². The van der Waals surface area contributed by atoms with Crippen molar-refractivity contribution in [2.24, 2.45) is 9.98 Å². The Hall–Kier alpha value is -4.12. The molecule has 0 amide bonds. The molecule has 0 unspecified atom stereocenters. The highest BCUT2D eigenvalue weighted by molar-refractivity contribution is 6.09. The summed E-state index contributed by atoms with van der Waals surface area (Å²) in [6.45, 7) is 0. The van der Waals surface area contributed by atoms with Crippen molar-refractivity contribution in [1.29, 1.82) is 0 Å². The van der Waals surface area contributed by atoms with Gasteiger partial charge < -0.3 is 4.98 Å². The van der Waals surface area contributed by atoms with Gasteiger partial charge in [0.25, 0.3) is 0 Å². The minimum atomic E-state index is 0.904. The number of aromatic nitrogens is 3. The van der Waals surface area contributed by atoms with E-state index < -0.39 is 0 Å². The first-order valence-electron chi connectivity index (χ1n) is 9.29. The van der Waals surface area contributed by atoms with E-state index in [1.54, 1.807) is 24.8 Å². The molecule has 0 fully saturated rings. The lowest BCUT2D eigenvalue weighted by molar-refractivity contribution is 1.32. The lowest BCUT2D eigenvalue weighted by Crippen LogP contribution is -1.80. The zero-order chi connectivity index (χ0) is 19.5. The van der Waals surface area contributed by atoms with E-state index in [4.69, 9.17) is 0 Å². The molecule has 5 nitrogen and oxygen atoms in total. The fraction of sp³-hybridized carbons (Fsp3) is 0. The fourth-order valence-corrected chi connectivity index (χ4v) is 3.23. The van der Waals surface area contributed by atoms with Crippen LogP contribution < -0.4 is 0 Å². The highest BCUT2D eigenvalue weighted by Crippen LogP contribution is 2.31. The van der Waals surface area contributed by atoms with Crippen LogP contribution in [0, 0.1) is 0 Å². The molecule has 1 N–H and O–H groups in total. The predicted octanol–water partition coefficient (Wildman–Crippen LogP) is 5.61. The number of benzene rings is 2. The van der Waals surface area contributed by atoms with E-state index in [0.717, 1.165) is 44.3 Å². The normalized spacial score (nSPS) is 11.9. The molecule has 3 aromatic heterocycles. The molecule has 0 saturated carbocycles. The standard InChI is InChI=1S/C24H17N5/c1-3-23-21(13-19(1)27-15-17-5-9-25-10-6-17)22-14-20(2-4-24(22)29-23)28-16-18-7-11-26-12-8-18/h1-16,29H/b27-15+,28-16+. The molecular formula is C24H17N5.